The van der Waals surface area contributed by atoms with Crippen LogP contribution < -0.4 is 11.1 Å². The molecule has 1 heterocycles. The fraction of sp³-hybridized carbons (Fsp3) is 0.545. The first kappa shape index (κ1) is 11.8. The number of nitrogens with one attached hydrogen (secondary N) is 1. The lowest BCUT2D eigenvalue weighted by Crippen LogP contribution is -2.26. The van der Waals surface area contributed by atoms with Crippen LogP contribution in [0.4, 0.5) is 0 Å². The van der Waals surface area contributed by atoms with Gasteiger partial charge in [-0.15, -0.1) is 0 Å². The number of carbonyl (C=O) groups is 1. The molecule has 4 heteroatoms. The van der Waals surface area contributed by atoms with Gasteiger partial charge < -0.3 is 15.6 Å². The highest BCUT2D eigenvalue weighted by molar-refractivity contribution is 5.76. The molecule has 0 saturated heterocycles. The summed E-state index contributed by atoms with van der Waals surface area (Å²) in [5, 5.41) is 3.17. The lowest BCUT2D eigenvalue weighted by atomic mass is 10.1. The Morgan fingerprint density at radius 2 is 2.27 bits per heavy atom. The molecule has 84 valence electrons. The molecule has 1 rings (SSSR count). The number of hydrogen-bond acceptors (Lipinski definition) is 2. The second kappa shape index (κ2) is 4.98. The lowest BCUT2D eigenvalue weighted by Gasteiger charge is -2.16. The maximum absolute atomic E-state index is 11.0. The SMILES string of the molecule is CNC(C)c1cccn1CC(C)C(N)=O. The van der Waals surface area contributed by atoms with Crippen molar-refractivity contribution in [2.75, 3.05) is 7.05 Å². The molecule has 0 aliphatic rings. The summed E-state index contributed by atoms with van der Waals surface area (Å²) in [6, 6.07) is 4.31. The molecule has 0 fully saturated rings. The molecule has 1 aromatic rings. The van der Waals surface area contributed by atoms with Gasteiger partial charge in [-0.1, -0.05) is 6.92 Å². The van der Waals surface area contributed by atoms with Gasteiger partial charge in [0.2, 0.25) is 5.91 Å². The Morgan fingerprint density at radius 3 is 2.80 bits per heavy atom. The number of carbonyl (C=O) groups excluding carboxylic acids is 1. The number of nitrogens with zero attached hydrogens (tertiary/aromatic N) is 1. The molecule has 4 nitrogen and oxygen atoms in total. The molecular weight excluding hydrogens is 190 g/mol. The van der Waals surface area contributed by atoms with Crippen molar-refractivity contribution in [3.63, 3.8) is 0 Å². The summed E-state index contributed by atoms with van der Waals surface area (Å²) in [4.78, 5) is 11.0. The molecule has 1 aromatic heterocycles. The van der Waals surface area contributed by atoms with Crippen molar-refractivity contribution in [1.29, 1.82) is 0 Å². The van der Waals surface area contributed by atoms with Crippen LogP contribution in [-0.2, 0) is 11.3 Å². The number of aromatic nitrogens is 1. The summed E-state index contributed by atoms with van der Waals surface area (Å²) in [6.07, 6.45) is 1.97. The number of hydrogen-bond donors (Lipinski definition) is 2. The predicted molar refractivity (Wildman–Crippen MR) is 60.3 cm³/mol. The van der Waals surface area contributed by atoms with Gasteiger partial charge in [-0.3, -0.25) is 4.79 Å². The van der Waals surface area contributed by atoms with Gasteiger partial charge in [0, 0.05) is 24.5 Å². The van der Waals surface area contributed by atoms with Crippen molar-refractivity contribution in [1.82, 2.24) is 9.88 Å². The summed E-state index contributed by atoms with van der Waals surface area (Å²) in [5.41, 5.74) is 6.42. The zero-order valence-corrected chi connectivity index (χ0v) is 9.53. The number of nitrogens with two attached hydrogens (primary N) is 1. The van der Waals surface area contributed by atoms with Crippen LogP contribution in [0.25, 0.3) is 0 Å². The number of primary amides is 1. The van der Waals surface area contributed by atoms with Gasteiger partial charge in [-0.2, -0.15) is 0 Å². The van der Waals surface area contributed by atoms with Crippen LogP contribution in [0.15, 0.2) is 18.3 Å². The maximum Gasteiger partial charge on any atom is 0.222 e. The van der Waals surface area contributed by atoms with E-state index in [4.69, 9.17) is 5.73 Å². The second-order valence-corrected chi connectivity index (χ2v) is 3.90. The van der Waals surface area contributed by atoms with E-state index in [2.05, 4.69) is 22.9 Å². The molecule has 1 amide bonds. The molecular formula is C11H19N3O. The maximum atomic E-state index is 11.0. The Kier molecular flexibility index (Phi) is 3.91. The molecule has 0 bridgehead atoms. The minimum absolute atomic E-state index is 0.139. The van der Waals surface area contributed by atoms with Gasteiger partial charge in [-0.25, -0.2) is 0 Å². The van der Waals surface area contributed by atoms with Gasteiger partial charge >= 0.3 is 0 Å². The largest absolute Gasteiger partial charge is 0.369 e. The average molecular weight is 209 g/mol. The molecule has 0 saturated carbocycles. The van der Waals surface area contributed by atoms with E-state index < -0.39 is 0 Å². The fourth-order valence-corrected chi connectivity index (χ4v) is 1.52. The van der Waals surface area contributed by atoms with Crippen molar-refractivity contribution in [3.8, 4) is 0 Å². The summed E-state index contributed by atoms with van der Waals surface area (Å²) in [6.45, 7) is 4.57. The first-order valence-corrected chi connectivity index (χ1v) is 5.18. The van der Waals surface area contributed by atoms with E-state index in [9.17, 15) is 4.79 Å². The third kappa shape index (κ3) is 2.83. The molecule has 0 aliphatic carbocycles. The average Bonchev–Trinajstić information content (AvgIpc) is 2.64. The summed E-state index contributed by atoms with van der Waals surface area (Å²) in [5.74, 6) is -0.396. The highest BCUT2D eigenvalue weighted by Gasteiger charge is 2.13. The monoisotopic (exact) mass is 209 g/mol. The van der Waals surface area contributed by atoms with Crippen molar-refractivity contribution in [3.05, 3.63) is 24.0 Å². The van der Waals surface area contributed by atoms with Crippen LogP contribution in [-0.4, -0.2) is 17.5 Å². The predicted octanol–water partition coefficient (Wildman–Crippen LogP) is 0.890. The van der Waals surface area contributed by atoms with E-state index in [0.29, 0.717) is 6.54 Å². The Bertz CT molecular complexity index is 332. The standard InChI is InChI=1S/C11H19N3O/c1-8(11(12)15)7-14-6-4-5-10(14)9(2)13-3/h4-6,8-9,13H,7H2,1-3H3,(H2,12,15). The summed E-state index contributed by atoms with van der Waals surface area (Å²) in [7, 11) is 1.92. The smallest absolute Gasteiger partial charge is 0.222 e. The quantitative estimate of drug-likeness (QED) is 0.756. The summed E-state index contributed by atoms with van der Waals surface area (Å²) < 4.78 is 2.07. The van der Waals surface area contributed by atoms with E-state index in [0.717, 1.165) is 0 Å². The van der Waals surface area contributed by atoms with Crippen molar-refractivity contribution < 1.29 is 4.79 Å². The van der Waals surface area contributed by atoms with E-state index in [-0.39, 0.29) is 17.9 Å². The minimum Gasteiger partial charge on any atom is -0.369 e. The van der Waals surface area contributed by atoms with Crippen LogP contribution >= 0.6 is 0 Å². The fourth-order valence-electron chi connectivity index (χ4n) is 1.52. The highest BCUT2D eigenvalue weighted by Crippen LogP contribution is 2.14. The number of rotatable bonds is 5. The van der Waals surface area contributed by atoms with Gasteiger partial charge in [0.15, 0.2) is 0 Å². The Morgan fingerprint density at radius 1 is 1.60 bits per heavy atom. The van der Waals surface area contributed by atoms with Gasteiger partial charge in [0.05, 0.1) is 5.92 Å². The molecule has 15 heavy (non-hydrogen) atoms. The van der Waals surface area contributed by atoms with Crippen molar-refractivity contribution in [2.24, 2.45) is 11.7 Å². The van der Waals surface area contributed by atoms with Crippen molar-refractivity contribution >= 4 is 5.91 Å². The normalized spacial score (nSPS) is 14.9. The Hall–Kier alpha value is -1.29. The summed E-state index contributed by atoms with van der Waals surface area (Å²) >= 11 is 0. The van der Waals surface area contributed by atoms with E-state index >= 15 is 0 Å². The van der Waals surface area contributed by atoms with Crippen LogP contribution in [0.5, 0.6) is 0 Å². The highest BCUT2D eigenvalue weighted by atomic mass is 16.1. The molecule has 2 atom stereocenters. The molecule has 2 unspecified atom stereocenters. The van der Waals surface area contributed by atoms with Gasteiger partial charge in [0.25, 0.3) is 0 Å². The van der Waals surface area contributed by atoms with Crippen LogP contribution in [0, 0.1) is 5.92 Å². The minimum atomic E-state index is -0.258. The van der Waals surface area contributed by atoms with E-state index in [1.54, 1.807) is 0 Å². The molecule has 0 radical (unpaired) electrons. The lowest BCUT2D eigenvalue weighted by molar-refractivity contribution is -0.121. The first-order valence-electron chi connectivity index (χ1n) is 5.18. The first-order chi connectivity index (χ1) is 7.06. The zero-order valence-electron chi connectivity index (χ0n) is 9.53. The van der Waals surface area contributed by atoms with Crippen molar-refractivity contribution in [2.45, 2.75) is 26.4 Å². The third-order valence-electron chi connectivity index (χ3n) is 2.70. The second-order valence-electron chi connectivity index (χ2n) is 3.90. The van der Waals surface area contributed by atoms with Crippen LogP contribution in [0.2, 0.25) is 0 Å². The zero-order chi connectivity index (χ0) is 11.4. The molecule has 0 spiro atoms. The van der Waals surface area contributed by atoms with E-state index in [1.165, 1.54) is 5.69 Å². The molecule has 3 N–H and O–H groups in total. The van der Waals surface area contributed by atoms with Crippen LogP contribution in [0.3, 0.4) is 0 Å². The number of amides is 1. The van der Waals surface area contributed by atoms with Gasteiger partial charge in [0.1, 0.15) is 0 Å². The Balaban J connectivity index is 2.77. The Labute approximate surface area is 90.5 Å². The third-order valence-corrected chi connectivity index (χ3v) is 2.70. The molecule has 0 aromatic carbocycles. The van der Waals surface area contributed by atoms with Gasteiger partial charge in [-0.05, 0) is 26.1 Å². The van der Waals surface area contributed by atoms with E-state index in [1.807, 2.05) is 26.2 Å². The topological polar surface area (TPSA) is 60.1 Å². The molecule has 0 aliphatic heterocycles. The van der Waals surface area contributed by atoms with Crippen LogP contribution in [0.1, 0.15) is 25.6 Å².